The molecule has 142 valence electrons. The van der Waals surface area contributed by atoms with Crippen LogP contribution in [-0.4, -0.2) is 39.2 Å². The molecule has 0 saturated heterocycles. The molecule has 0 bridgehead atoms. The number of aryl methyl sites for hydroxylation is 1. The van der Waals surface area contributed by atoms with Gasteiger partial charge in [-0.15, -0.1) is 0 Å². The lowest BCUT2D eigenvalue weighted by Gasteiger charge is -2.30. The number of fused-ring (bicyclic) bond motifs is 1. The maximum Gasteiger partial charge on any atom is 0.315 e. The molecule has 7 nitrogen and oxygen atoms in total. The topological polar surface area (TPSA) is 79.3 Å². The highest BCUT2D eigenvalue weighted by molar-refractivity contribution is 5.79. The predicted molar refractivity (Wildman–Crippen MR) is 97.2 cm³/mol. The lowest BCUT2D eigenvalue weighted by molar-refractivity contribution is -0.138. The zero-order chi connectivity index (χ0) is 17.9. The van der Waals surface area contributed by atoms with Gasteiger partial charge in [-0.3, -0.25) is 9.48 Å². The molecule has 2 aliphatic carbocycles. The summed E-state index contributed by atoms with van der Waals surface area (Å²) in [5.74, 6) is 0.548. The van der Waals surface area contributed by atoms with Crippen LogP contribution in [0.1, 0.15) is 62.8 Å². The van der Waals surface area contributed by atoms with Crippen molar-refractivity contribution in [1.82, 2.24) is 25.3 Å². The number of rotatable bonds is 4. The Bertz CT molecular complexity index is 661. The number of carbonyl (C=O) groups excluding carboxylic acids is 2. The van der Waals surface area contributed by atoms with Gasteiger partial charge >= 0.3 is 6.03 Å². The van der Waals surface area contributed by atoms with Gasteiger partial charge in [0.1, 0.15) is 0 Å². The van der Waals surface area contributed by atoms with E-state index >= 15 is 0 Å². The van der Waals surface area contributed by atoms with Gasteiger partial charge < -0.3 is 15.5 Å². The number of urea groups is 1. The van der Waals surface area contributed by atoms with E-state index in [0.717, 1.165) is 56.6 Å². The van der Waals surface area contributed by atoms with Crippen molar-refractivity contribution < 1.29 is 9.59 Å². The quantitative estimate of drug-likeness (QED) is 0.865. The first-order valence-electron chi connectivity index (χ1n) is 10.1. The van der Waals surface area contributed by atoms with Crippen molar-refractivity contribution in [3.05, 3.63) is 17.5 Å². The van der Waals surface area contributed by atoms with Gasteiger partial charge in [-0.1, -0.05) is 19.3 Å². The Hall–Kier alpha value is -2.05. The van der Waals surface area contributed by atoms with Crippen LogP contribution < -0.4 is 10.6 Å². The molecule has 7 heteroatoms. The van der Waals surface area contributed by atoms with Gasteiger partial charge in [0, 0.05) is 25.0 Å². The first-order chi connectivity index (χ1) is 12.7. The number of hydrogen-bond donors (Lipinski definition) is 2. The molecule has 2 fully saturated rings. The largest absolute Gasteiger partial charge is 0.337 e. The molecule has 1 aliphatic heterocycles. The average molecular weight is 359 g/mol. The molecule has 2 saturated carbocycles. The minimum atomic E-state index is -0.109. The molecular weight excluding hydrogens is 330 g/mol. The van der Waals surface area contributed by atoms with Gasteiger partial charge in [0.25, 0.3) is 0 Å². The second-order valence-electron chi connectivity index (χ2n) is 7.90. The zero-order valence-corrected chi connectivity index (χ0v) is 15.4. The molecule has 0 radical (unpaired) electrons. The van der Waals surface area contributed by atoms with E-state index < -0.39 is 0 Å². The molecule has 0 spiro atoms. The van der Waals surface area contributed by atoms with E-state index in [1.54, 1.807) is 0 Å². The molecule has 1 aromatic heterocycles. The van der Waals surface area contributed by atoms with E-state index in [9.17, 15) is 9.59 Å². The molecule has 0 aromatic carbocycles. The van der Waals surface area contributed by atoms with Crippen molar-refractivity contribution in [3.8, 4) is 0 Å². The third-order valence-electron chi connectivity index (χ3n) is 5.95. The smallest absolute Gasteiger partial charge is 0.315 e. The fourth-order valence-corrected chi connectivity index (χ4v) is 4.19. The number of hydrogen-bond acceptors (Lipinski definition) is 3. The van der Waals surface area contributed by atoms with Crippen LogP contribution in [0.2, 0.25) is 0 Å². The van der Waals surface area contributed by atoms with E-state index in [4.69, 9.17) is 0 Å². The third kappa shape index (κ3) is 3.86. The van der Waals surface area contributed by atoms with Gasteiger partial charge in [0.15, 0.2) is 0 Å². The van der Waals surface area contributed by atoms with Crippen molar-refractivity contribution in [2.45, 2.75) is 77.0 Å². The second kappa shape index (κ2) is 7.68. The van der Waals surface area contributed by atoms with Crippen molar-refractivity contribution in [3.63, 3.8) is 0 Å². The van der Waals surface area contributed by atoms with Gasteiger partial charge in [0.05, 0.1) is 24.5 Å². The summed E-state index contributed by atoms with van der Waals surface area (Å²) in [6.45, 7) is 2.71. The fourth-order valence-electron chi connectivity index (χ4n) is 4.19. The summed E-state index contributed by atoms with van der Waals surface area (Å²) < 4.78 is 2.00. The highest BCUT2D eigenvalue weighted by Crippen LogP contribution is 2.29. The number of carbonyl (C=O) groups is 2. The first-order valence-corrected chi connectivity index (χ1v) is 10.1. The maximum absolute atomic E-state index is 12.6. The molecule has 1 aromatic rings. The van der Waals surface area contributed by atoms with Crippen LogP contribution in [0.3, 0.4) is 0 Å². The lowest BCUT2D eigenvalue weighted by atomic mass is 9.84. The van der Waals surface area contributed by atoms with Crippen LogP contribution in [0.5, 0.6) is 0 Å². The van der Waals surface area contributed by atoms with Gasteiger partial charge in [-0.2, -0.15) is 5.10 Å². The predicted octanol–water partition coefficient (Wildman–Crippen LogP) is 2.16. The first kappa shape index (κ1) is 17.4. The van der Waals surface area contributed by atoms with E-state index in [1.165, 1.54) is 19.3 Å². The summed E-state index contributed by atoms with van der Waals surface area (Å²) in [6.07, 6.45) is 8.76. The van der Waals surface area contributed by atoms with Crippen molar-refractivity contribution in [2.75, 3.05) is 6.54 Å². The third-order valence-corrected chi connectivity index (χ3v) is 5.95. The monoisotopic (exact) mass is 359 g/mol. The van der Waals surface area contributed by atoms with Crippen LogP contribution >= 0.6 is 0 Å². The fraction of sp³-hybridized carbons (Fsp3) is 0.737. The van der Waals surface area contributed by atoms with Crippen LogP contribution in [0.15, 0.2) is 6.07 Å². The molecule has 2 heterocycles. The highest BCUT2D eigenvalue weighted by Gasteiger charge is 2.30. The Kier molecular flexibility index (Phi) is 5.13. The maximum atomic E-state index is 12.6. The van der Waals surface area contributed by atoms with E-state index in [0.29, 0.717) is 25.0 Å². The minimum absolute atomic E-state index is 0.109. The number of aromatic nitrogens is 2. The summed E-state index contributed by atoms with van der Waals surface area (Å²) >= 11 is 0. The number of nitrogens with zero attached hydrogens (tertiary/aromatic N) is 3. The molecule has 3 aliphatic rings. The molecular formula is C19H29N5O2. The Morgan fingerprint density at radius 2 is 1.88 bits per heavy atom. The summed E-state index contributed by atoms with van der Waals surface area (Å²) in [7, 11) is 0. The normalized spacial score (nSPS) is 21.0. The summed E-state index contributed by atoms with van der Waals surface area (Å²) in [6, 6.07) is 2.24. The molecule has 0 atom stereocenters. The SMILES string of the molecule is O=C(NCc1cc2n(n1)CCCN(C(=O)C1CCC1)C2)NC1CCCC1. The Morgan fingerprint density at radius 3 is 2.62 bits per heavy atom. The zero-order valence-electron chi connectivity index (χ0n) is 15.4. The van der Waals surface area contributed by atoms with Crippen LogP contribution in [-0.2, 0) is 24.4 Å². The minimum Gasteiger partial charge on any atom is -0.337 e. The highest BCUT2D eigenvalue weighted by atomic mass is 16.2. The van der Waals surface area contributed by atoms with Crippen LogP contribution in [0, 0.1) is 5.92 Å². The molecule has 4 rings (SSSR count). The molecule has 0 unspecified atom stereocenters. The average Bonchev–Trinajstić information content (AvgIpc) is 3.16. The van der Waals surface area contributed by atoms with Crippen LogP contribution in [0.4, 0.5) is 4.79 Å². The van der Waals surface area contributed by atoms with Gasteiger partial charge in [0.2, 0.25) is 5.91 Å². The van der Waals surface area contributed by atoms with E-state index in [1.807, 2.05) is 15.6 Å². The van der Waals surface area contributed by atoms with Gasteiger partial charge in [-0.05, 0) is 38.2 Å². The van der Waals surface area contributed by atoms with Crippen molar-refractivity contribution >= 4 is 11.9 Å². The standard InChI is InChI=1S/C19H29N5O2/c25-18(14-5-3-6-14)23-9-4-10-24-17(13-23)11-16(22-24)12-20-19(26)21-15-7-1-2-8-15/h11,14-15H,1-10,12-13H2,(H2,20,21,26). The van der Waals surface area contributed by atoms with Gasteiger partial charge in [-0.25, -0.2) is 4.79 Å². The Labute approximate surface area is 154 Å². The molecule has 3 amide bonds. The summed E-state index contributed by atoms with van der Waals surface area (Å²) in [5, 5.41) is 10.6. The summed E-state index contributed by atoms with van der Waals surface area (Å²) in [5.41, 5.74) is 1.93. The molecule has 26 heavy (non-hydrogen) atoms. The number of amides is 3. The number of nitrogens with one attached hydrogen (secondary N) is 2. The van der Waals surface area contributed by atoms with Crippen molar-refractivity contribution in [1.29, 1.82) is 0 Å². The van der Waals surface area contributed by atoms with E-state index in [-0.39, 0.29) is 11.9 Å². The van der Waals surface area contributed by atoms with Crippen molar-refractivity contribution in [2.24, 2.45) is 5.92 Å². The molecule has 2 N–H and O–H groups in total. The second-order valence-corrected chi connectivity index (χ2v) is 7.90. The Balaban J connectivity index is 1.32. The Morgan fingerprint density at radius 1 is 1.08 bits per heavy atom. The van der Waals surface area contributed by atoms with Crippen LogP contribution in [0.25, 0.3) is 0 Å². The summed E-state index contributed by atoms with van der Waals surface area (Å²) in [4.78, 5) is 26.6. The van der Waals surface area contributed by atoms with E-state index in [2.05, 4.69) is 15.7 Å². The lowest BCUT2D eigenvalue weighted by Crippen LogP contribution is -2.40.